The fraction of sp³-hybridized carbons (Fsp3) is 0.286. The molecule has 0 atom stereocenters. The van der Waals surface area contributed by atoms with E-state index in [0.717, 1.165) is 48.1 Å². The molecule has 1 aromatic carbocycles. The van der Waals surface area contributed by atoms with Gasteiger partial charge in [-0.2, -0.15) is 0 Å². The summed E-state index contributed by atoms with van der Waals surface area (Å²) in [4.78, 5) is 17.7. The molecule has 3 aromatic rings. The van der Waals surface area contributed by atoms with Crippen molar-refractivity contribution in [2.45, 2.75) is 13.3 Å². The molecule has 4 rings (SSSR count). The lowest BCUT2D eigenvalue weighted by Gasteiger charge is -2.35. The Bertz CT molecular complexity index is 883. The van der Waals surface area contributed by atoms with Crippen LogP contribution in [0.1, 0.15) is 10.4 Å². The fourth-order valence-corrected chi connectivity index (χ4v) is 3.93. The van der Waals surface area contributed by atoms with Crippen molar-refractivity contribution in [1.29, 1.82) is 0 Å². The highest BCUT2D eigenvalue weighted by molar-refractivity contribution is 7.10. The van der Waals surface area contributed by atoms with Gasteiger partial charge in [0.15, 0.2) is 5.82 Å². The number of nitrogens with zero attached hydrogens (tertiary/aromatic N) is 4. The minimum atomic E-state index is 0.206. The molecule has 27 heavy (non-hydrogen) atoms. The highest BCUT2D eigenvalue weighted by Crippen LogP contribution is 2.20. The second-order valence-electron chi connectivity index (χ2n) is 6.77. The minimum Gasteiger partial charge on any atom is -0.352 e. The number of aromatic nitrogens is 2. The molecule has 0 spiro atoms. The third-order valence-electron chi connectivity index (χ3n) is 4.86. The molecule has 0 N–H and O–H groups in total. The van der Waals surface area contributed by atoms with Gasteiger partial charge in [-0.15, -0.1) is 21.5 Å². The summed E-state index contributed by atoms with van der Waals surface area (Å²) < 4.78 is 0. The van der Waals surface area contributed by atoms with Crippen molar-refractivity contribution in [1.82, 2.24) is 15.1 Å². The number of rotatable bonds is 4. The first-order valence-corrected chi connectivity index (χ1v) is 10.0. The Morgan fingerprint density at radius 2 is 1.78 bits per heavy atom. The number of carbonyl (C=O) groups excluding carboxylic acids is 1. The van der Waals surface area contributed by atoms with E-state index < -0.39 is 0 Å². The summed E-state index contributed by atoms with van der Waals surface area (Å²) in [5, 5.41) is 10.8. The highest BCUT2D eigenvalue weighted by Gasteiger charge is 2.22. The average Bonchev–Trinajstić information content (AvgIpc) is 3.22. The zero-order chi connectivity index (χ0) is 18.6. The molecule has 0 bridgehead atoms. The van der Waals surface area contributed by atoms with Gasteiger partial charge in [-0.05, 0) is 30.5 Å². The molecule has 2 aromatic heterocycles. The van der Waals surface area contributed by atoms with Gasteiger partial charge < -0.3 is 9.80 Å². The summed E-state index contributed by atoms with van der Waals surface area (Å²) in [5.74, 6) is 1.08. The van der Waals surface area contributed by atoms with E-state index in [1.165, 1.54) is 5.56 Å². The maximum Gasteiger partial charge on any atom is 0.227 e. The monoisotopic (exact) mass is 378 g/mol. The Labute approximate surface area is 163 Å². The first-order valence-electron chi connectivity index (χ1n) is 9.15. The molecule has 5 nitrogen and oxygen atoms in total. The highest BCUT2D eigenvalue weighted by atomic mass is 32.1. The first kappa shape index (κ1) is 17.7. The third kappa shape index (κ3) is 4.17. The van der Waals surface area contributed by atoms with Crippen molar-refractivity contribution in [3.05, 3.63) is 64.4 Å². The molecule has 0 saturated carbocycles. The van der Waals surface area contributed by atoms with E-state index in [2.05, 4.69) is 46.3 Å². The van der Waals surface area contributed by atoms with Crippen molar-refractivity contribution in [2.24, 2.45) is 0 Å². The van der Waals surface area contributed by atoms with E-state index in [1.807, 2.05) is 34.5 Å². The van der Waals surface area contributed by atoms with Crippen LogP contribution >= 0.6 is 11.3 Å². The molecule has 0 unspecified atom stereocenters. The van der Waals surface area contributed by atoms with Crippen LogP contribution in [0.25, 0.3) is 11.3 Å². The predicted octanol–water partition coefficient (Wildman–Crippen LogP) is 3.40. The molecule has 1 saturated heterocycles. The summed E-state index contributed by atoms with van der Waals surface area (Å²) in [6.45, 7) is 5.10. The SMILES string of the molecule is Cc1ccc(-c2ccc(N3CCN(C(=O)Cc4cccs4)CC3)nn2)cc1. The van der Waals surface area contributed by atoms with E-state index in [0.29, 0.717) is 6.42 Å². The van der Waals surface area contributed by atoms with Crippen molar-refractivity contribution in [3.8, 4) is 11.3 Å². The van der Waals surface area contributed by atoms with Crippen LogP contribution < -0.4 is 4.90 Å². The molecule has 1 fully saturated rings. The van der Waals surface area contributed by atoms with Crippen molar-refractivity contribution >= 4 is 23.1 Å². The van der Waals surface area contributed by atoms with Crippen LogP contribution in [-0.4, -0.2) is 47.2 Å². The fourth-order valence-electron chi connectivity index (χ4n) is 3.23. The van der Waals surface area contributed by atoms with Crippen LogP contribution in [0.15, 0.2) is 53.9 Å². The number of carbonyl (C=O) groups is 1. The Balaban J connectivity index is 1.35. The van der Waals surface area contributed by atoms with Crippen LogP contribution in [0.5, 0.6) is 0 Å². The molecular weight excluding hydrogens is 356 g/mol. The normalized spacial score (nSPS) is 14.4. The zero-order valence-corrected chi connectivity index (χ0v) is 16.2. The number of piperazine rings is 1. The number of aryl methyl sites for hydroxylation is 1. The number of benzene rings is 1. The molecule has 138 valence electrons. The molecule has 1 aliphatic heterocycles. The van der Waals surface area contributed by atoms with Gasteiger partial charge in [0.05, 0.1) is 12.1 Å². The second-order valence-corrected chi connectivity index (χ2v) is 7.80. The maximum atomic E-state index is 12.4. The van der Waals surface area contributed by atoms with Crippen LogP contribution in [-0.2, 0) is 11.2 Å². The summed E-state index contributed by atoms with van der Waals surface area (Å²) in [6, 6.07) is 16.3. The Morgan fingerprint density at radius 1 is 1.00 bits per heavy atom. The Kier molecular flexibility index (Phi) is 5.16. The van der Waals surface area contributed by atoms with Crippen LogP contribution in [0.3, 0.4) is 0 Å². The second kappa shape index (κ2) is 7.88. The number of amides is 1. The van der Waals surface area contributed by atoms with Gasteiger partial charge in [-0.3, -0.25) is 4.79 Å². The smallest absolute Gasteiger partial charge is 0.227 e. The van der Waals surface area contributed by atoms with Crippen LogP contribution in [0.2, 0.25) is 0 Å². The van der Waals surface area contributed by atoms with Gasteiger partial charge in [0.1, 0.15) is 0 Å². The Hall–Kier alpha value is -2.73. The Morgan fingerprint density at radius 3 is 2.41 bits per heavy atom. The first-order chi connectivity index (χ1) is 13.2. The van der Waals surface area contributed by atoms with Crippen LogP contribution in [0.4, 0.5) is 5.82 Å². The molecule has 1 aliphatic rings. The van der Waals surface area contributed by atoms with Crippen molar-refractivity contribution in [3.63, 3.8) is 0 Å². The largest absolute Gasteiger partial charge is 0.352 e. The molecule has 0 radical (unpaired) electrons. The lowest BCUT2D eigenvalue weighted by molar-refractivity contribution is -0.130. The van der Waals surface area contributed by atoms with Gasteiger partial charge in [-0.1, -0.05) is 35.9 Å². The van der Waals surface area contributed by atoms with Crippen molar-refractivity contribution in [2.75, 3.05) is 31.1 Å². The lowest BCUT2D eigenvalue weighted by Crippen LogP contribution is -2.49. The van der Waals surface area contributed by atoms with Gasteiger partial charge >= 0.3 is 0 Å². The van der Waals surface area contributed by atoms with Gasteiger partial charge in [0.25, 0.3) is 0 Å². The molecular formula is C21H22N4OS. The zero-order valence-electron chi connectivity index (χ0n) is 15.3. The van der Waals surface area contributed by atoms with Crippen molar-refractivity contribution < 1.29 is 4.79 Å². The van der Waals surface area contributed by atoms with E-state index in [4.69, 9.17) is 0 Å². The molecule has 1 amide bonds. The van der Waals surface area contributed by atoms with E-state index >= 15 is 0 Å². The van der Waals surface area contributed by atoms with E-state index in [9.17, 15) is 4.79 Å². The summed E-state index contributed by atoms with van der Waals surface area (Å²) >= 11 is 1.64. The summed E-state index contributed by atoms with van der Waals surface area (Å²) in [5.41, 5.74) is 3.18. The maximum absolute atomic E-state index is 12.4. The molecule has 0 aliphatic carbocycles. The number of thiophene rings is 1. The number of anilines is 1. The minimum absolute atomic E-state index is 0.206. The summed E-state index contributed by atoms with van der Waals surface area (Å²) in [6.07, 6.45) is 0.503. The van der Waals surface area contributed by atoms with Gasteiger partial charge in [0.2, 0.25) is 5.91 Å². The average molecular weight is 379 g/mol. The third-order valence-corrected chi connectivity index (χ3v) is 5.74. The van der Waals surface area contributed by atoms with E-state index in [-0.39, 0.29) is 5.91 Å². The standard InChI is InChI=1S/C21H22N4OS/c1-16-4-6-17(7-5-16)19-8-9-20(23-22-19)24-10-12-25(13-11-24)21(26)15-18-3-2-14-27-18/h2-9,14H,10-13,15H2,1H3. The predicted molar refractivity (Wildman–Crippen MR) is 109 cm³/mol. The summed E-state index contributed by atoms with van der Waals surface area (Å²) in [7, 11) is 0. The van der Waals surface area contributed by atoms with Gasteiger partial charge in [-0.25, -0.2) is 0 Å². The van der Waals surface area contributed by atoms with Crippen LogP contribution in [0, 0.1) is 6.92 Å². The topological polar surface area (TPSA) is 49.3 Å². The van der Waals surface area contributed by atoms with E-state index in [1.54, 1.807) is 11.3 Å². The number of hydrogen-bond donors (Lipinski definition) is 0. The van der Waals surface area contributed by atoms with Gasteiger partial charge in [0, 0.05) is 36.6 Å². The quantitative estimate of drug-likeness (QED) is 0.698. The molecule has 6 heteroatoms. The number of hydrogen-bond acceptors (Lipinski definition) is 5. The lowest BCUT2D eigenvalue weighted by atomic mass is 10.1. The molecule has 3 heterocycles.